The van der Waals surface area contributed by atoms with Crippen molar-refractivity contribution in [2.24, 2.45) is 0 Å². The van der Waals surface area contributed by atoms with Gasteiger partial charge in [0.1, 0.15) is 5.82 Å². The molecule has 0 amide bonds. The first-order chi connectivity index (χ1) is 11.4. The predicted molar refractivity (Wildman–Crippen MR) is 97.1 cm³/mol. The molecule has 0 saturated heterocycles. The van der Waals surface area contributed by atoms with Crippen LogP contribution in [0.25, 0.3) is 0 Å². The van der Waals surface area contributed by atoms with E-state index in [0.29, 0.717) is 5.95 Å². The second kappa shape index (κ2) is 7.86. The van der Waals surface area contributed by atoms with E-state index in [1.807, 2.05) is 24.3 Å². The van der Waals surface area contributed by atoms with Crippen molar-refractivity contribution in [1.29, 1.82) is 0 Å². The van der Waals surface area contributed by atoms with Crippen molar-refractivity contribution >= 4 is 11.8 Å². The molecule has 2 N–H and O–H groups in total. The zero-order valence-electron chi connectivity index (χ0n) is 15.0. The number of methoxy groups -OCH3 is 2. The number of rotatable bonds is 7. The Labute approximate surface area is 143 Å². The molecular formula is C18H26N4O2. The molecule has 1 aromatic carbocycles. The highest BCUT2D eigenvalue weighted by atomic mass is 16.5. The van der Waals surface area contributed by atoms with Gasteiger partial charge in [-0.2, -0.15) is 4.98 Å². The Kier molecular flexibility index (Phi) is 5.84. The van der Waals surface area contributed by atoms with Crippen molar-refractivity contribution in [3.8, 4) is 11.5 Å². The van der Waals surface area contributed by atoms with Crippen LogP contribution in [0, 0.1) is 0 Å². The van der Waals surface area contributed by atoms with Crippen molar-refractivity contribution in [2.45, 2.75) is 32.7 Å². The smallest absolute Gasteiger partial charge is 0.224 e. The van der Waals surface area contributed by atoms with E-state index in [1.165, 1.54) is 5.56 Å². The van der Waals surface area contributed by atoms with Gasteiger partial charge in [0.2, 0.25) is 5.95 Å². The summed E-state index contributed by atoms with van der Waals surface area (Å²) in [5.74, 6) is 2.91. The summed E-state index contributed by atoms with van der Waals surface area (Å²) in [4.78, 5) is 8.71. The van der Waals surface area contributed by atoms with Crippen LogP contribution in [0.4, 0.5) is 11.8 Å². The van der Waals surface area contributed by atoms with Crippen molar-refractivity contribution in [1.82, 2.24) is 9.97 Å². The lowest BCUT2D eigenvalue weighted by Gasteiger charge is -2.20. The molecule has 0 fully saturated rings. The Morgan fingerprint density at radius 2 is 1.79 bits per heavy atom. The molecule has 2 aromatic rings. The monoisotopic (exact) mass is 330 g/mol. The maximum Gasteiger partial charge on any atom is 0.224 e. The van der Waals surface area contributed by atoms with Crippen molar-refractivity contribution in [2.75, 3.05) is 31.4 Å². The Morgan fingerprint density at radius 1 is 1.04 bits per heavy atom. The number of nitrogens with one attached hydrogen (secondary N) is 2. The van der Waals surface area contributed by atoms with Crippen LogP contribution in [0.5, 0.6) is 11.5 Å². The molecule has 130 valence electrons. The predicted octanol–water partition coefficient (Wildman–Crippen LogP) is 3.36. The minimum Gasteiger partial charge on any atom is -0.493 e. The molecule has 0 aliphatic heterocycles. The Hall–Kier alpha value is -2.50. The van der Waals surface area contributed by atoms with Crippen LogP contribution < -0.4 is 20.1 Å². The third-order valence-electron chi connectivity index (χ3n) is 3.31. The van der Waals surface area contributed by atoms with E-state index >= 15 is 0 Å². The first kappa shape index (κ1) is 17.8. The molecule has 0 aliphatic rings. The summed E-state index contributed by atoms with van der Waals surface area (Å²) < 4.78 is 10.6. The maximum absolute atomic E-state index is 5.33. The third-order valence-corrected chi connectivity index (χ3v) is 3.31. The van der Waals surface area contributed by atoms with Crippen LogP contribution in [-0.2, 0) is 6.42 Å². The summed E-state index contributed by atoms with van der Waals surface area (Å²) in [5.41, 5.74) is 1.10. The van der Waals surface area contributed by atoms with Crippen LogP contribution >= 0.6 is 0 Å². The summed E-state index contributed by atoms with van der Waals surface area (Å²) in [6.07, 6.45) is 2.60. The second-order valence-electron chi connectivity index (χ2n) is 6.51. The van der Waals surface area contributed by atoms with Crippen LogP contribution in [0.1, 0.15) is 26.3 Å². The number of nitrogens with zero attached hydrogens (tertiary/aromatic N) is 2. The normalized spacial score (nSPS) is 11.0. The average molecular weight is 330 g/mol. The number of aromatic nitrogens is 2. The lowest BCUT2D eigenvalue weighted by Crippen LogP contribution is -2.27. The molecule has 6 nitrogen and oxygen atoms in total. The molecule has 0 radical (unpaired) electrons. The van der Waals surface area contributed by atoms with Gasteiger partial charge in [-0.15, -0.1) is 0 Å². The standard InChI is InChI=1S/C18H26N4O2/c1-18(2,3)22-17-20-11-9-16(21-17)19-10-8-13-6-7-14(23-4)15(12-13)24-5/h6-7,9,11-12H,8,10H2,1-5H3,(H2,19,20,21,22). The van der Waals surface area contributed by atoms with Gasteiger partial charge in [0.25, 0.3) is 0 Å². The van der Waals surface area contributed by atoms with Gasteiger partial charge in [-0.1, -0.05) is 6.07 Å². The van der Waals surface area contributed by atoms with Gasteiger partial charge in [-0.25, -0.2) is 4.98 Å². The SMILES string of the molecule is COc1ccc(CCNc2ccnc(NC(C)(C)C)n2)cc1OC. The molecule has 0 bridgehead atoms. The number of benzene rings is 1. The topological polar surface area (TPSA) is 68.3 Å². The first-order valence-corrected chi connectivity index (χ1v) is 7.97. The lowest BCUT2D eigenvalue weighted by atomic mass is 10.1. The van der Waals surface area contributed by atoms with E-state index in [1.54, 1.807) is 20.4 Å². The second-order valence-corrected chi connectivity index (χ2v) is 6.51. The van der Waals surface area contributed by atoms with Gasteiger partial charge in [0, 0.05) is 18.3 Å². The largest absolute Gasteiger partial charge is 0.493 e. The molecule has 1 aromatic heterocycles. The highest BCUT2D eigenvalue weighted by Gasteiger charge is 2.11. The van der Waals surface area contributed by atoms with Crippen LogP contribution in [0.2, 0.25) is 0 Å². The Bertz CT molecular complexity index is 668. The summed E-state index contributed by atoms with van der Waals surface area (Å²) in [7, 11) is 3.28. The Morgan fingerprint density at radius 3 is 2.46 bits per heavy atom. The molecule has 0 atom stereocenters. The van der Waals surface area contributed by atoms with E-state index in [4.69, 9.17) is 9.47 Å². The van der Waals surface area contributed by atoms with E-state index in [2.05, 4.69) is 41.4 Å². The van der Waals surface area contributed by atoms with Gasteiger partial charge in [-0.05, 0) is 51.0 Å². The van der Waals surface area contributed by atoms with Crippen molar-refractivity contribution in [3.63, 3.8) is 0 Å². The third kappa shape index (κ3) is 5.30. The number of hydrogen-bond donors (Lipinski definition) is 2. The van der Waals surface area contributed by atoms with Gasteiger partial charge in [-0.3, -0.25) is 0 Å². The first-order valence-electron chi connectivity index (χ1n) is 7.97. The van der Waals surface area contributed by atoms with Crippen molar-refractivity contribution < 1.29 is 9.47 Å². The van der Waals surface area contributed by atoms with Crippen LogP contribution in [0.15, 0.2) is 30.5 Å². The average Bonchev–Trinajstić information content (AvgIpc) is 2.53. The van der Waals surface area contributed by atoms with E-state index in [0.717, 1.165) is 30.3 Å². The van der Waals surface area contributed by atoms with Crippen molar-refractivity contribution in [3.05, 3.63) is 36.0 Å². The van der Waals surface area contributed by atoms with Crippen LogP contribution in [0.3, 0.4) is 0 Å². The molecular weight excluding hydrogens is 304 g/mol. The highest BCUT2D eigenvalue weighted by Crippen LogP contribution is 2.27. The molecule has 0 unspecified atom stereocenters. The molecule has 6 heteroatoms. The minimum absolute atomic E-state index is 0.0712. The van der Waals surface area contributed by atoms with E-state index in [9.17, 15) is 0 Å². The zero-order chi connectivity index (χ0) is 17.6. The van der Waals surface area contributed by atoms with E-state index < -0.39 is 0 Å². The Balaban J connectivity index is 1.93. The fourth-order valence-electron chi connectivity index (χ4n) is 2.22. The summed E-state index contributed by atoms with van der Waals surface area (Å²) >= 11 is 0. The molecule has 2 rings (SSSR count). The summed E-state index contributed by atoms with van der Waals surface area (Å²) in [5, 5.41) is 6.59. The number of ether oxygens (including phenoxy) is 2. The lowest BCUT2D eigenvalue weighted by molar-refractivity contribution is 0.354. The number of anilines is 2. The quantitative estimate of drug-likeness (QED) is 0.811. The van der Waals surface area contributed by atoms with Gasteiger partial charge < -0.3 is 20.1 Å². The molecule has 0 saturated carbocycles. The zero-order valence-corrected chi connectivity index (χ0v) is 15.0. The maximum atomic E-state index is 5.33. The summed E-state index contributed by atoms with van der Waals surface area (Å²) in [6.45, 7) is 7.00. The highest BCUT2D eigenvalue weighted by molar-refractivity contribution is 5.44. The number of hydrogen-bond acceptors (Lipinski definition) is 6. The molecule has 24 heavy (non-hydrogen) atoms. The molecule has 0 spiro atoms. The van der Waals surface area contributed by atoms with E-state index in [-0.39, 0.29) is 5.54 Å². The van der Waals surface area contributed by atoms with Crippen LogP contribution in [-0.4, -0.2) is 36.3 Å². The van der Waals surface area contributed by atoms with Gasteiger partial charge in [0.05, 0.1) is 14.2 Å². The fourth-order valence-corrected chi connectivity index (χ4v) is 2.22. The minimum atomic E-state index is -0.0712. The summed E-state index contributed by atoms with van der Waals surface area (Å²) in [6, 6.07) is 7.81. The fraction of sp³-hybridized carbons (Fsp3) is 0.444. The van der Waals surface area contributed by atoms with Gasteiger partial charge >= 0.3 is 0 Å². The molecule has 0 aliphatic carbocycles. The van der Waals surface area contributed by atoms with Gasteiger partial charge in [0.15, 0.2) is 11.5 Å². The molecule has 1 heterocycles.